The highest BCUT2D eigenvalue weighted by Gasteiger charge is 2.11. The maximum Gasteiger partial charge on any atom is 0.356 e. The fraction of sp³-hybridized carbons (Fsp3) is 0.133. The molecule has 0 aliphatic rings. The molecule has 22 heavy (non-hydrogen) atoms. The molecule has 1 aromatic carbocycles. The van der Waals surface area contributed by atoms with Crippen LogP contribution in [0.5, 0.6) is 5.75 Å². The van der Waals surface area contributed by atoms with Gasteiger partial charge >= 0.3 is 5.97 Å². The van der Waals surface area contributed by atoms with Gasteiger partial charge in [-0.1, -0.05) is 12.1 Å². The molecule has 7 heteroatoms. The normalized spacial score (nSPS) is 10.6. The lowest BCUT2D eigenvalue weighted by Gasteiger charge is -2.07. The molecule has 2 heterocycles. The lowest BCUT2D eigenvalue weighted by Crippen LogP contribution is -2.08. The maximum absolute atomic E-state index is 11.1. The molecule has 3 aromatic rings. The number of carboxylic acid groups (broad SMARTS) is 1. The average Bonchev–Trinajstić information content (AvgIpc) is 2.96. The van der Waals surface area contributed by atoms with E-state index >= 15 is 0 Å². The highest BCUT2D eigenvalue weighted by atomic mass is 16.5. The quantitative estimate of drug-likeness (QED) is 0.749. The van der Waals surface area contributed by atoms with Gasteiger partial charge < -0.3 is 15.2 Å². The van der Waals surface area contributed by atoms with Gasteiger partial charge in [0.2, 0.25) is 0 Å². The first-order valence-corrected chi connectivity index (χ1v) is 6.62. The van der Waals surface area contributed by atoms with Crippen LogP contribution in [0.2, 0.25) is 0 Å². The van der Waals surface area contributed by atoms with E-state index in [1.165, 1.54) is 10.7 Å². The van der Waals surface area contributed by atoms with Gasteiger partial charge in [0.05, 0.1) is 13.3 Å². The number of imidazole rings is 1. The molecule has 112 valence electrons. The van der Waals surface area contributed by atoms with Gasteiger partial charge in [0.25, 0.3) is 0 Å². The Morgan fingerprint density at radius 1 is 1.27 bits per heavy atom. The number of aromatic nitrogens is 3. The van der Waals surface area contributed by atoms with Crippen molar-refractivity contribution in [1.29, 1.82) is 0 Å². The summed E-state index contributed by atoms with van der Waals surface area (Å²) in [5, 5.41) is 16.5. The Morgan fingerprint density at radius 2 is 2.05 bits per heavy atom. The van der Waals surface area contributed by atoms with Gasteiger partial charge in [-0.15, -0.1) is 5.10 Å². The Bertz CT molecular complexity index is 811. The molecule has 0 saturated carbocycles. The molecule has 0 bridgehead atoms. The number of rotatable bonds is 5. The first-order valence-electron chi connectivity index (χ1n) is 6.62. The third-order valence-corrected chi connectivity index (χ3v) is 3.21. The summed E-state index contributed by atoms with van der Waals surface area (Å²) >= 11 is 0. The minimum Gasteiger partial charge on any atom is -0.497 e. The van der Waals surface area contributed by atoms with Gasteiger partial charge in [-0.3, -0.25) is 0 Å². The maximum atomic E-state index is 11.1. The molecule has 0 atom stereocenters. The van der Waals surface area contributed by atoms with Crippen molar-refractivity contribution in [2.45, 2.75) is 6.54 Å². The smallest absolute Gasteiger partial charge is 0.356 e. The summed E-state index contributed by atoms with van der Waals surface area (Å²) in [5.74, 6) is 0.309. The Hall–Kier alpha value is -3.09. The van der Waals surface area contributed by atoms with E-state index < -0.39 is 5.97 Å². The zero-order valence-corrected chi connectivity index (χ0v) is 11.9. The Labute approximate surface area is 126 Å². The second-order valence-corrected chi connectivity index (χ2v) is 4.64. The van der Waals surface area contributed by atoms with Crippen molar-refractivity contribution in [3.05, 3.63) is 53.9 Å². The number of nitrogens with one attached hydrogen (secondary N) is 1. The molecular formula is C15H14N4O3. The van der Waals surface area contributed by atoms with Crippen LogP contribution in [0.25, 0.3) is 5.65 Å². The van der Waals surface area contributed by atoms with Crippen LogP contribution in [0, 0.1) is 0 Å². The predicted molar refractivity (Wildman–Crippen MR) is 80.3 cm³/mol. The minimum atomic E-state index is -1.06. The highest BCUT2D eigenvalue weighted by molar-refractivity contribution is 5.86. The van der Waals surface area contributed by atoms with Gasteiger partial charge in [0.15, 0.2) is 11.3 Å². The lowest BCUT2D eigenvalue weighted by atomic mass is 10.2. The van der Waals surface area contributed by atoms with Crippen LogP contribution in [0.3, 0.4) is 0 Å². The number of anilines is 1. The van der Waals surface area contributed by atoms with E-state index in [0.29, 0.717) is 18.0 Å². The third kappa shape index (κ3) is 2.69. The molecule has 3 rings (SSSR count). The number of carboxylic acids is 1. The van der Waals surface area contributed by atoms with Gasteiger partial charge in [-0.25, -0.2) is 14.3 Å². The van der Waals surface area contributed by atoms with Crippen molar-refractivity contribution in [1.82, 2.24) is 14.6 Å². The minimum absolute atomic E-state index is 0.0306. The zero-order chi connectivity index (χ0) is 15.5. The van der Waals surface area contributed by atoms with Crippen molar-refractivity contribution in [3.8, 4) is 5.75 Å². The molecule has 0 radical (unpaired) electrons. The first kappa shape index (κ1) is 13.9. The fourth-order valence-electron chi connectivity index (χ4n) is 2.05. The summed E-state index contributed by atoms with van der Waals surface area (Å²) < 4.78 is 6.41. The van der Waals surface area contributed by atoms with Crippen molar-refractivity contribution in [3.63, 3.8) is 0 Å². The average molecular weight is 298 g/mol. The van der Waals surface area contributed by atoms with Crippen molar-refractivity contribution < 1.29 is 14.6 Å². The number of carbonyl (C=O) groups is 1. The molecule has 0 unspecified atom stereocenters. The molecule has 0 aliphatic carbocycles. The number of ether oxygens (including phenoxy) is 1. The number of hydrogen-bond acceptors (Lipinski definition) is 5. The van der Waals surface area contributed by atoms with E-state index in [9.17, 15) is 4.79 Å². The number of methoxy groups -OCH3 is 1. The number of aromatic carboxylic acids is 1. The summed E-state index contributed by atoms with van der Waals surface area (Å²) in [6.45, 7) is 0.569. The summed E-state index contributed by atoms with van der Waals surface area (Å²) in [6, 6.07) is 11.1. The molecule has 7 nitrogen and oxygen atoms in total. The van der Waals surface area contributed by atoms with E-state index in [2.05, 4.69) is 15.4 Å². The van der Waals surface area contributed by atoms with E-state index in [-0.39, 0.29) is 5.69 Å². The van der Waals surface area contributed by atoms with Crippen LogP contribution in [0.1, 0.15) is 16.1 Å². The summed E-state index contributed by atoms with van der Waals surface area (Å²) in [5.41, 5.74) is 1.59. The summed E-state index contributed by atoms with van der Waals surface area (Å²) in [7, 11) is 1.62. The van der Waals surface area contributed by atoms with Crippen LogP contribution < -0.4 is 10.1 Å². The largest absolute Gasteiger partial charge is 0.497 e. The molecule has 2 N–H and O–H groups in total. The van der Waals surface area contributed by atoms with Crippen LogP contribution in [-0.4, -0.2) is 32.8 Å². The second kappa shape index (κ2) is 5.72. The number of nitrogens with zero attached hydrogens (tertiary/aromatic N) is 3. The second-order valence-electron chi connectivity index (χ2n) is 4.64. The molecule has 0 spiro atoms. The van der Waals surface area contributed by atoms with E-state index in [1.807, 2.05) is 24.3 Å². The van der Waals surface area contributed by atoms with Gasteiger partial charge in [-0.05, 0) is 29.8 Å². The monoisotopic (exact) mass is 298 g/mol. The molecule has 0 saturated heterocycles. The predicted octanol–water partition coefficient (Wildman–Crippen LogP) is 2.05. The zero-order valence-electron chi connectivity index (χ0n) is 11.9. The first-order chi connectivity index (χ1) is 10.7. The van der Waals surface area contributed by atoms with Crippen molar-refractivity contribution in [2.75, 3.05) is 12.4 Å². The van der Waals surface area contributed by atoms with Crippen LogP contribution >= 0.6 is 0 Å². The van der Waals surface area contributed by atoms with E-state index in [0.717, 1.165) is 11.3 Å². The Balaban J connectivity index is 1.78. The number of benzene rings is 1. The van der Waals surface area contributed by atoms with E-state index in [4.69, 9.17) is 9.84 Å². The van der Waals surface area contributed by atoms with Gasteiger partial charge in [-0.2, -0.15) is 0 Å². The summed E-state index contributed by atoms with van der Waals surface area (Å²) in [4.78, 5) is 15.1. The number of fused-ring (bicyclic) bond motifs is 1. The molecule has 0 fully saturated rings. The lowest BCUT2D eigenvalue weighted by molar-refractivity contribution is 0.0688. The van der Waals surface area contributed by atoms with E-state index in [1.54, 1.807) is 19.2 Å². The van der Waals surface area contributed by atoms with Gasteiger partial charge in [0.1, 0.15) is 11.6 Å². The standard InChI is InChI=1S/C15H14N4O3/c1-22-11-4-2-10(3-5-11)8-16-13-6-7-14-17-9-12(15(20)21)19(14)18-13/h2-7,9H,8H2,1H3,(H,16,18)(H,20,21). The third-order valence-electron chi connectivity index (χ3n) is 3.21. The molecule has 2 aromatic heterocycles. The molecule has 0 amide bonds. The van der Waals surface area contributed by atoms with Crippen molar-refractivity contribution in [2.24, 2.45) is 0 Å². The topological polar surface area (TPSA) is 88.8 Å². The van der Waals surface area contributed by atoms with Crippen LogP contribution in [0.15, 0.2) is 42.6 Å². The fourth-order valence-corrected chi connectivity index (χ4v) is 2.05. The molecule has 0 aliphatic heterocycles. The number of hydrogen-bond donors (Lipinski definition) is 2. The van der Waals surface area contributed by atoms with Crippen LogP contribution in [-0.2, 0) is 6.54 Å². The Kier molecular flexibility index (Phi) is 3.61. The SMILES string of the molecule is COc1ccc(CNc2ccc3ncc(C(=O)O)n3n2)cc1. The Morgan fingerprint density at radius 3 is 2.73 bits per heavy atom. The van der Waals surface area contributed by atoms with Crippen LogP contribution in [0.4, 0.5) is 5.82 Å². The molecular weight excluding hydrogens is 284 g/mol. The summed E-state index contributed by atoms with van der Waals surface area (Å²) in [6.07, 6.45) is 1.29. The van der Waals surface area contributed by atoms with Crippen molar-refractivity contribution >= 4 is 17.4 Å². The van der Waals surface area contributed by atoms with Gasteiger partial charge in [0, 0.05) is 6.54 Å². The highest BCUT2D eigenvalue weighted by Crippen LogP contribution is 2.13.